The summed E-state index contributed by atoms with van der Waals surface area (Å²) in [5.74, 6) is 2.56. The van der Waals surface area contributed by atoms with Crippen LogP contribution < -0.4 is 5.32 Å². The molecular weight excluding hydrogens is 258 g/mol. The molecule has 2 aliphatic rings. The summed E-state index contributed by atoms with van der Waals surface area (Å²) in [6.45, 7) is 12.2. The van der Waals surface area contributed by atoms with Crippen LogP contribution in [0.25, 0.3) is 0 Å². The Bertz CT molecular complexity index is 307. The lowest BCUT2D eigenvalue weighted by Gasteiger charge is -2.45. The van der Waals surface area contributed by atoms with Gasteiger partial charge in [-0.3, -0.25) is 0 Å². The van der Waals surface area contributed by atoms with E-state index in [0.717, 1.165) is 23.8 Å². The molecule has 0 amide bonds. The molecule has 1 heterocycles. The first-order valence-corrected chi connectivity index (χ1v) is 9.13. The fraction of sp³-hybridized carbons (Fsp3) is 1.00. The molecule has 0 bridgehead atoms. The van der Waals surface area contributed by atoms with Gasteiger partial charge in [-0.05, 0) is 70.6 Å². The van der Waals surface area contributed by atoms with E-state index in [1.165, 1.54) is 51.9 Å². The van der Waals surface area contributed by atoms with Gasteiger partial charge in [0.2, 0.25) is 0 Å². The summed E-state index contributed by atoms with van der Waals surface area (Å²) in [6.07, 6.45) is 5.36. The summed E-state index contributed by atoms with van der Waals surface area (Å²) in [4.78, 5) is 5.17. The van der Waals surface area contributed by atoms with Gasteiger partial charge in [-0.25, -0.2) is 0 Å². The van der Waals surface area contributed by atoms with Crippen LogP contribution in [0.15, 0.2) is 0 Å². The number of nitrogens with zero attached hydrogens (tertiary/aromatic N) is 2. The summed E-state index contributed by atoms with van der Waals surface area (Å²) >= 11 is 0. The van der Waals surface area contributed by atoms with Gasteiger partial charge >= 0.3 is 0 Å². The van der Waals surface area contributed by atoms with Gasteiger partial charge in [0.05, 0.1) is 0 Å². The van der Waals surface area contributed by atoms with Crippen LogP contribution >= 0.6 is 0 Å². The van der Waals surface area contributed by atoms with Crippen molar-refractivity contribution in [3.8, 4) is 0 Å². The number of nitrogens with one attached hydrogen (secondary N) is 1. The van der Waals surface area contributed by atoms with Crippen LogP contribution in [0.1, 0.15) is 46.5 Å². The van der Waals surface area contributed by atoms with Crippen LogP contribution in [0.3, 0.4) is 0 Å². The lowest BCUT2D eigenvalue weighted by molar-refractivity contribution is 0.0701. The van der Waals surface area contributed by atoms with E-state index in [0.29, 0.717) is 6.04 Å². The molecule has 1 aliphatic carbocycles. The van der Waals surface area contributed by atoms with Crippen LogP contribution in [0.4, 0.5) is 0 Å². The van der Waals surface area contributed by atoms with E-state index in [1.807, 2.05) is 0 Å². The molecule has 2 rings (SSSR count). The molecule has 0 aromatic heterocycles. The molecule has 5 atom stereocenters. The number of hydrogen-bond donors (Lipinski definition) is 1. The number of rotatable bonds is 6. The van der Waals surface area contributed by atoms with Crippen LogP contribution in [0.2, 0.25) is 0 Å². The first-order valence-electron chi connectivity index (χ1n) is 9.13. The monoisotopic (exact) mass is 295 g/mol. The summed E-state index contributed by atoms with van der Waals surface area (Å²) in [6, 6.07) is 1.41. The number of hydrogen-bond acceptors (Lipinski definition) is 3. The van der Waals surface area contributed by atoms with Crippen molar-refractivity contribution in [2.75, 3.05) is 40.3 Å². The highest BCUT2D eigenvalue weighted by molar-refractivity contribution is 4.94. The van der Waals surface area contributed by atoms with Gasteiger partial charge in [-0.15, -0.1) is 0 Å². The third-order valence-corrected chi connectivity index (χ3v) is 5.63. The lowest BCUT2D eigenvalue weighted by atomic mass is 9.75. The number of likely N-dealkylation sites (tertiary alicyclic amines) is 1. The Morgan fingerprint density at radius 2 is 2.00 bits per heavy atom. The van der Waals surface area contributed by atoms with E-state index >= 15 is 0 Å². The number of likely N-dealkylation sites (N-methyl/N-ethyl adjacent to an activating group) is 1. The van der Waals surface area contributed by atoms with Crippen molar-refractivity contribution >= 4 is 0 Å². The van der Waals surface area contributed by atoms with Crippen molar-refractivity contribution < 1.29 is 0 Å². The summed E-state index contributed by atoms with van der Waals surface area (Å²) in [7, 11) is 4.63. The Kier molecular flexibility index (Phi) is 6.51. The van der Waals surface area contributed by atoms with E-state index in [-0.39, 0.29) is 0 Å². The van der Waals surface area contributed by atoms with Crippen molar-refractivity contribution in [3.05, 3.63) is 0 Å². The zero-order chi connectivity index (χ0) is 15.4. The molecule has 5 unspecified atom stereocenters. The van der Waals surface area contributed by atoms with Gasteiger partial charge in [-0.2, -0.15) is 0 Å². The summed E-state index contributed by atoms with van der Waals surface area (Å²) < 4.78 is 0. The van der Waals surface area contributed by atoms with Crippen molar-refractivity contribution in [2.45, 2.75) is 58.5 Å². The van der Waals surface area contributed by atoms with Gasteiger partial charge in [-0.1, -0.05) is 20.8 Å². The quantitative estimate of drug-likeness (QED) is 0.813. The average molecular weight is 296 g/mol. The zero-order valence-corrected chi connectivity index (χ0v) is 14.9. The average Bonchev–Trinajstić information content (AvgIpc) is 2.80. The van der Waals surface area contributed by atoms with E-state index in [4.69, 9.17) is 0 Å². The Balaban J connectivity index is 1.94. The molecule has 1 aliphatic heterocycles. The topological polar surface area (TPSA) is 18.5 Å². The molecule has 3 heteroatoms. The fourth-order valence-corrected chi connectivity index (χ4v) is 4.82. The second-order valence-electron chi connectivity index (χ2n) is 7.96. The van der Waals surface area contributed by atoms with Gasteiger partial charge in [0.15, 0.2) is 0 Å². The van der Waals surface area contributed by atoms with Crippen molar-refractivity contribution in [3.63, 3.8) is 0 Å². The maximum Gasteiger partial charge on any atom is 0.0272 e. The van der Waals surface area contributed by atoms with Crippen LogP contribution in [-0.4, -0.2) is 62.2 Å². The molecule has 3 nitrogen and oxygen atoms in total. The normalized spacial score (nSPS) is 38.3. The first-order chi connectivity index (χ1) is 10.0. The van der Waals surface area contributed by atoms with Gasteiger partial charge < -0.3 is 15.1 Å². The highest BCUT2D eigenvalue weighted by Crippen LogP contribution is 2.32. The molecule has 0 aromatic carbocycles. The maximum absolute atomic E-state index is 3.84. The highest BCUT2D eigenvalue weighted by Gasteiger charge is 2.37. The van der Waals surface area contributed by atoms with Crippen molar-refractivity contribution in [2.24, 2.45) is 17.8 Å². The summed E-state index contributed by atoms with van der Waals surface area (Å²) in [5, 5.41) is 3.84. The predicted octanol–water partition coefficient (Wildman–Crippen LogP) is 2.67. The minimum absolute atomic E-state index is 0.688. The molecule has 0 aromatic rings. The van der Waals surface area contributed by atoms with Gasteiger partial charge in [0.1, 0.15) is 0 Å². The molecule has 1 saturated carbocycles. The predicted molar refractivity (Wildman–Crippen MR) is 91.7 cm³/mol. The molecule has 0 spiro atoms. The second-order valence-corrected chi connectivity index (χ2v) is 7.96. The molecule has 1 saturated heterocycles. The Morgan fingerprint density at radius 1 is 1.24 bits per heavy atom. The third kappa shape index (κ3) is 4.67. The van der Waals surface area contributed by atoms with E-state index in [9.17, 15) is 0 Å². The second kappa shape index (κ2) is 7.94. The fourth-order valence-electron chi connectivity index (χ4n) is 4.82. The molecule has 1 N–H and O–H groups in total. The van der Waals surface area contributed by atoms with Crippen LogP contribution in [0, 0.1) is 17.8 Å². The Hall–Kier alpha value is -0.120. The molecule has 2 fully saturated rings. The smallest absolute Gasteiger partial charge is 0.0272 e. The first kappa shape index (κ1) is 17.2. The van der Waals surface area contributed by atoms with E-state index < -0.39 is 0 Å². The molecule has 0 radical (unpaired) electrons. The molecule has 21 heavy (non-hydrogen) atoms. The zero-order valence-electron chi connectivity index (χ0n) is 14.9. The lowest BCUT2D eigenvalue weighted by Crippen LogP contribution is -2.56. The Labute approximate surface area is 132 Å². The van der Waals surface area contributed by atoms with Crippen molar-refractivity contribution in [1.29, 1.82) is 0 Å². The SMILES string of the molecule is CCCNC1CC(C)CC(C)C1N(C)CC1CCN(C)C1. The van der Waals surface area contributed by atoms with Crippen LogP contribution in [0.5, 0.6) is 0 Å². The largest absolute Gasteiger partial charge is 0.312 e. The summed E-state index contributed by atoms with van der Waals surface area (Å²) in [5.41, 5.74) is 0. The maximum atomic E-state index is 3.84. The minimum Gasteiger partial charge on any atom is -0.312 e. The molecular formula is C18H37N3. The van der Waals surface area contributed by atoms with Crippen molar-refractivity contribution in [1.82, 2.24) is 15.1 Å². The standard InChI is InChI=1S/C18H37N3/c1-6-8-19-17-11-14(2)10-15(3)18(17)21(5)13-16-7-9-20(4)12-16/h14-19H,6-13H2,1-5H3. The van der Waals surface area contributed by atoms with E-state index in [2.05, 4.69) is 50.0 Å². The molecule has 124 valence electrons. The Morgan fingerprint density at radius 3 is 2.62 bits per heavy atom. The van der Waals surface area contributed by atoms with Gasteiger partial charge in [0.25, 0.3) is 0 Å². The van der Waals surface area contributed by atoms with E-state index in [1.54, 1.807) is 0 Å². The van der Waals surface area contributed by atoms with Crippen LogP contribution in [-0.2, 0) is 0 Å². The third-order valence-electron chi connectivity index (χ3n) is 5.63. The highest BCUT2D eigenvalue weighted by atomic mass is 15.2. The van der Waals surface area contributed by atoms with Gasteiger partial charge in [0, 0.05) is 25.2 Å². The minimum atomic E-state index is 0.688.